The van der Waals surface area contributed by atoms with E-state index in [0.29, 0.717) is 0 Å². The summed E-state index contributed by atoms with van der Waals surface area (Å²) < 4.78 is 29.6. The highest BCUT2D eigenvalue weighted by molar-refractivity contribution is 7.86. The van der Waals surface area contributed by atoms with Gasteiger partial charge >= 0.3 is 0 Å². The first-order valence-corrected chi connectivity index (χ1v) is 17.5. The van der Waals surface area contributed by atoms with Gasteiger partial charge in [0, 0.05) is 56.7 Å². The van der Waals surface area contributed by atoms with E-state index in [2.05, 4.69) is 34.1 Å². The van der Waals surface area contributed by atoms with Gasteiger partial charge in [-0.3, -0.25) is 9.80 Å². The summed E-state index contributed by atoms with van der Waals surface area (Å²) >= 11 is 0. The van der Waals surface area contributed by atoms with Crippen LogP contribution in [0.5, 0.6) is 0 Å². The molecule has 6 heterocycles. The molecular formula is C40H23N4O3P. The average Bonchev–Trinajstić information content (AvgIpc) is 3.69. The zero-order valence-corrected chi connectivity index (χ0v) is 26.1. The number of nitrogens with zero attached hydrogens (tertiary/aromatic N) is 4. The maximum Gasteiger partial charge on any atom is 0.179 e. The molecule has 8 heteroatoms. The third kappa shape index (κ3) is 3.26. The van der Waals surface area contributed by atoms with E-state index in [9.17, 15) is 0 Å². The number of furan rings is 2. The van der Waals surface area contributed by atoms with Crippen molar-refractivity contribution >= 4 is 101 Å². The molecule has 5 aromatic carbocycles. The van der Waals surface area contributed by atoms with E-state index in [1.165, 1.54) is 0 Å². The Hall–Kier alpha value is -6.17. The van der Waals surface area contributed by atoms with Gasteiger partial charge in [-0.25, -0.2) is 9.97 Å². The summed E-state index contributed by atoms with van der Waals surface area (Å²) in [6.07, 6.45) is 3.57. The van der Waals surface area contributed by atoms with E-state index >= 15 is 4.57 Å². The van der Waals surface area contributed by atoms with Crippen molar-refractivity contribution in [1.82, 2.24) is 9.97 Å². The lowest BCUT2D eigenvalue weighted by molar-refractivity contribution is 0.592. The van der Waals surface area contributed by atoms with Crippen LogP contribution in [0.15, 0.2) is 149 Å². The minimum Gasteiger partial charge on any atom is -0.456 e. The van der Waals surface area contributed by atoms with Crippen LogP contribution >= 0.6 is 7.14 Å². The van der Waals surface area contributed by atoms with Crippen molar-refractivity contribution in [3.63, 3.8) is 0 Å². The summed E-state index contributed by atoms with van der Waals surface area (Å²) in [5.74, 6) is 1.45. The quantitative estimate of drug-likeness (QED) is 0.175. The molecular weight excluding hydrogens is 615 g/mol. The Morgan fingerprint density at radius 1 is 0.458 bits per heavy atom. The smallest absolute Gasteiger partial charge is 0.179 e. The lowest BCUT2D eigenvalue weighted by Crippen LogP contribution is -2.43. The van der Waals surface area contributed by atoms with Crippen molar-refractivity contribution in [2.45, 2.75) is 0 Å². The van der Waals surface area contributed by atoms with E-state index in [1.807, 2.05) is 103 Å². The van der Waals surface area contributed by atoms with Gasteiger partial charge in [-0.2, -0.15) is 0 Å². The zero-order chi connectivity index (χ0) is 31.6. The molecule has 7 nitrogen and oxygen atoms in total. The van der Waals surface area contributed by atoms with Gasteiger partial charge in [-0.05, 0) is 60.7 Å². The van der Waals surface area contributed by atoms with Crippen molar-refractivity contribution in [3.8, 4) is 0 Å². The van der Waals surface area contributed by atoms with Crippen molar-refractivity contribution < 1.29 is 13.4 Å². The molecule has 11 rings (SSSR count). The molecule has 226 valence electrons. The Balaban J connectivity index is 1.33. The Morgan fingerprint density at radius 3 is 1.42 bits per heavy atom. The highest BCUT2D eigenvalue weighted by atomic mass is 31.2. The highest BCUT2D eigenvalue weighted by Crippen LogP contribution is 2.62. The monoisotopic (exact) mass is 638 g/mol. The largest absolute Gasteiger partial charge is 0.456 e. The number of hydrogen-bond acceptors (Lipinski definition) is 7. The van der Waals surface area contributed by atoms with Crippen LogP contribution in [0.4, 0.5) is 34.4 Å². The molecule has 0 saturated heterocycles. The first kappa shape index (κ1) is 26.0. The molecule has 4 aromatic heterocycles. The van der Waals surface area contributed by atoms with Gasteiger partial charge in [0.05, 0.1) is 28.1 Å². The van der Waals surface area contributed by atoms with Gasteiger partial charge < -0.3 is 13.4 Å². The molecule has 0 atom stereocenters. The molecule has 0 unspecified atom stereocenters. The number of pyridine rings is 2. The molecule has 48 heavy (non-hydrogen) atoms. The van der Waals surface area contributed by atoms with Crippen LogP contribution in [0.1, 0.15) is 0 Å². The Morgan fingerprint density at radius 2 is 0.938 bits per heavy atom. The Labute approximate surface area is 273 Å². The van der Waals surface area contributed by atoms with Gasteiger partial charge in [0.15, 0.2) is 7.14 Å². The zero-order valence-electron chi connectivity index (χ0n) is 25.2. The van der Waals surface area contributed by atoms with E-state index in [0.717, 1.165) is 94.2 Å². The number of anilines is 6. The SMILES string of the molecule is O=P12c3cc4c(cc3N(c3ccccn3)c3cccc(c31)N(c1ccccn1)c1cc3oc5ccccc5c3cc12)oc1ccccc14. The number of benzene rings is 5. The lowest BCUT2D eigenvalue weighted by atomic mass is 10.1. The normalized spacial score (nSPS) is 14.4. The van der Waals surface area contributed by atoms with E-state index in [-0.39, 0.29) is 0 Å². The molecule has 0 fully saturated rings. The number of hydrogen-bond donors (Lipinski definition) is 0. The molecule has 0 N–H and O–H groups in total. The first-order chi connectivity index (χ1) is 23.7. The van der Waals surface area contributed by atoms with Crippen molar-refractivity contribution in [3.05, 3.63) is 140 Å². The first-order valence-electron chi connectivity index (χ1n) is 15.8. The van der Waals surface area contributed by atoms with Gasteiger partial charge in [0.25, 0.3) is 0 Å². The van der Waals surface area contributed by atoms with Crippen molar-refractivity contribution in [2.75, 3.05) is 9.80 Å². The topological polar surface area (TPSA) is 75.6 Å². The average molecular weight is 639 g/mol. The maximum atomic E-state index is 16.7. The van der Waals surface area contributed by atoms with Crippen molar-refractivity contribution in [1.29, 1.82) is 0 Å². The molecule has 0 saturated carbocycles. The fourth-order valence-corrected chi connectivity index (χ4v) is 11.0. The second-order valence-corrected chi connectivity index (χ2v) is 14.8. The highest BCUT2D eigenvalue weighted by Gasteiger charge is 2.49. The number of fused-ring (bicyclic) bond motifs is 10. The molecule has 2 aliphatic rings. The Kier molecular flexibility index (Phi) is 4.98. The molecule has 2 aliphatic heterocycles. The van der Waals surface area contributed by atoms with E-state index in [4.69, 9.17) is 18.8 Å². The molecule has 0 amide bonds. The minimum absolute atomic E-state index is 0.723. The van der Waals surface area contributed by atoms with Gasteiger partial charge in [-0.15, -0.1) is 0 Å². The Bertz CT molecular complexity index is 2660. The molecule has 0 aliphatic carbocycles. The fourth-order valence-electron chi connectivity index (χ4n) is 7.66. The number of aromatic nitrogens is 2. The predicted molar refractivity (Wildman–Crippen MR) is 192 cm³/mol. The standard InChI is InChI=1S/C40H23N4O3P/c45-48-36-20-26-24-10-1-3-14-32(24)46-34(26)22-30(36)43(38-16-5-7-18-41-38)28-12-9-13-29(40(28)48)44(39-17-6-8-19-42-39)31-23-35-27(21-37(31)48)25-11-2-4-15-33(25)47-35/h1-23H. The van der Waals surface area contributed by atoms with Crippen LogP contribution in [0.25, 0.3) is 43.9 Å². The number of para-hydroxylation sites is 2. The summed E-state index contributed by atoms with van der Waals surface area (Å²) in [5, 5.41) is 6.03. The van der Waals surface area contributed by atoms with Crippen LogP contribution in [-0.4, -0.2) is 9.97 Å². The second kappa shape index (κ2) is 9.22. The third-order valence-corrected chi connectivity index (χ3v) is 12.8. The maximum absolute atomic E-state index is 16.7. The van der Waals surface area contributed by atoms with Gasteiger partial charge in [-0.1, -0.05) is 54.6 Å². The molecule has 0 spiro atoms. The summed E-state index contributed by atoms with van der Waals surface area (Å²) in [6.45, 7) is 0. The summed E-state index contributed by atoms with van der Waals surface area (Å²) in [5.41, 5.74) is 6.20. The molecule has 9 aromatic rings. The van der Waals surface area contributed by atoms with E-state index in [1.54, 1.807) is 12.4 Å². The van der Waals surface area contributed by atoms with E-state index < -0.39 is 7.14 Å². The summed E-state index contributed by atoms with van der Waals surface area (Å²) in [6, 6.07) is 42.1. The third-order valence-electron chi connectivity index (χ3n) is 9.66. The van der Waals surface area contributed by atoms with Crippen LogP contribution in [0, 0.1) is 0 Å². The van der Waals surface area contributed by atoms with Gasteiger partial charge in [0.2, 0.25) is 0 Å². The molecule has 0 radical (unpaired) electrons. The number of rotatable bonds is 2. The minimum atomic E-state index is -3.57. The lowest BCUT2D eigenvalue weighted by Gasteiger charge is -2.43. The summed E-state index contributed by atoms with van der Waals surface area (Å²) in [4.78, 5) is 13.8. The van der Waals surface area contributed by atoms with Crippen LogP contribution in [-0.2, 0) is 4.57 Å². The second-order valence-electron chi connectivity index (χ2n) is 12.2. The van der Waals surface area contributed by atoms with Crippen LogP contribution < -0.4 is 25.7 Å². The van der Waals surface area contributed by atoms with Crippen LogP contribution in [0.2, 0.25) is 0 Å². The van der Waals surface area contributed by atoms with Gasteiger partial charge in [0.1, 0.15) is 34.0 Å². The van der Waals surface area contributed by atoms with Crippen molar-refractivity contribution in [2.24, 2.45) is 0 Å². The van der Waals surface area contributed by atoms with Crippen LogP contribution in [0.3, 0.4) is 0 Å². The molecule has 0 bridgehead atoms. The summed E-state index contributed by atoms with van der Waals surface area (Å²) in [7, 11) is -3.57. The predicted octanol–water partition coefficient (Wildman–Crippen LogP) is 9.48. The fraction of sp³-hybridized carbons (Fsp3) is 0.